The number of carbonyl (C=O) groups excluding carboxylic acids is 1. The maximum atomic E-state index is 12.8. The maximum Gasteiger partial charge on any atom is 0.312 e. The highest BCUT2D eigenvalue weighted by Crippen LogP contribution is 2.17. The van der Waals surface area contributed by atoms with Gasteiger partial charge in [-0.1, -0.05) is 0 Å². The summed E-state index contributed by atoms with van der Waals surface area (Å²) in [6.45, 7) is 1.19. The quantitative estimate of drug-likeness (QED) is 0.545. The van der Waals surface area contributed by atoms with Gasteiger partial charge in [0.15, 0.2) is 0 Å². The van der Waals surface area contributed by atoms with Crippen LogP contribution in [0.1, 0.15) is 5.56 Å². The summed E-state index contributed by atoms with van der Waals surface area (Å²) >= 11 is 0. The van der Waals surface area contributed by atoms with Gasteiger partial charge in [-0.2, -0.15) is 0 Å². The summed E-state index contributed by atoms with van der Waals surface area (Å²) in [7, 11) is 0. The molecule has 0 aromatic heterocycles. The molecule has 0 spiro atoms. The fraction of sp³-hybridized carbons (Fsp3) is 0.300. The van der Waals surface area contributed by atoms with Crippen molar-refractivity contribution >= 4 is 6.03 Å². The Morgan fingerprint density at radius 1 is 1.44 bits per heavy atom. The average molecular weight is 227 g/mol. The topological polar surface area (TPSA) is 87.4 Å². The van der Waals surface area contributed by atoms with Crippen LogP contribution < -0.4 is 16.4 Å². The summed E-state index contributed by atoms with van der Waals surface area (Å²) in [5.74, 6) is -0.360. The summed E-state index contributed by atoms with van der Waals surface area (Å²) in [5, 5.41) is 14.7. The van der Waals surface area contributed by atoms with Crippen molar-refractivity contribution in [3.63, 3.8) is 0 Å². The number of hydrogen-bond acceptors (Lipinski definition) is 3. The number of benzene rings is 1. The minimum atomic E-state index is -0.588. The smallest absolute Gasteiger partial charge is 0.312 e. The van der Waals surface area contributed by atoms with E-state index in [0.29, 0.717) is 25.2 Å². The first kappa shape index (κ1) is 12.3. The molecule has 0 fully saturated rings. The largest absolute Gasteiger partial charge is 0.508 e. The van der Waals surface area contributed by atoms with Gasteiger partial charge in [-0.05, 0) is 18.2 Å². The monoisotopic (exact) mass is 227 g/mol. The highest BCUT2D eigenvalue weighted by Gasteiger charge is 2.02. The van der Waals surface area contributed by atoms with Crippen molar-refractivity contribution in [3.05, 3.63) is 29.6 Å². The molecule has 6 heteroatoms. The molecule has 2 amide bonds. The lowest BCUT2D eigenvalue weighted by Crippen LogP contribution is -2.35. The zero-order chi connectivity index (χ0) is 12.0. The Kier molecular flexibility index (Phi) is 4.53. The third-order valence-electron chi connectivity index (χ3n) is 1.96. The van der Waals surface area contributed by atoms with E-state index in [1.54, 1.807) is 0 Å². The molecular weight excluding hydrogens is 213 g/mol. The standard InChI is InChI=1S/C10H14FN3O2/c11-8-1-2-9(15)7(5-8)6-13-3-4-14-10(12)16/h1-2,5,13,15H,3-4,6H2,(H3,12,14,16). The molecule has 0 atom stereocenters. The zero-order valence-electron chi connectivity index (χ0n) is 8.66. The molecule has 0 aliphatic carbocycles. The van der Waals surface area contributed by atoms with Crippen LogP contribution in [0.15, 0.2) is 18.2 Å². The first-order valence-corrected chi connectivity index (χ1v) is 4.81. The summed E-state index contributed by atoms with van der Waals surface area (Å²) in [6, 6.07) is 3.15. The third-order valence-corrected chi connectivity index (χ3v) is 1.96. The van der Waals surface area contributed by atoms with Gasteiger partial charge in [0.2, 0.25) is 0 Å². The molecule has 0 radical (unpaired) electrons. The normalized spacial score (nSPS) is 10.1. The summed E-state index contributed by atoms with van der Waals surface area (Å²) in [4.78, 5) is 10.3. The molecule has 88 valence electrons. The average Bonchev–Trinajstić information content (AvgIpc) is 2.22. The Morgan fingerprint density at radius 2 is 2.19 bits per heavy atom. The number of urea groups is 1. The van der Waals surface area contributed by atoms with Gasteiger partial charge < -0.3 is 21.5 Å². The molecule has 1 aromatic rings. The van der Waals surface area contributed by atoms with Gasteiger partial charge in [-0.25, -0.2) is 9.18 Å². The highest BCUT2D eigenvalue weighted by molar-refractivity contribution is 5.71. The lowest BCUT2D eigenvalue weighted by Gasteiger charge is -2.07. The lowest BCUT2D eigenvalue weighted by molar-refractivity contribution is 0.249. The number of aromatic hydroxyl groups is 1. The van der Waals surface area contributed by atoms with Gasteiger partial charge in [-0.3, -0.25) is 0 Å². The molecule has 16 heavy (non-hydrogen) atoms. The van der Waals surface area contributed by atoms with Gasteiger partial charge in [0.05, 0.1) is 0 Å². The van der Waals surface area contributed by atoms with E-state index in [2.05, 4.69) is 10.6 Å². The number of amides is 2. The van der Waals surface area contributed by atoms with Crippen molar-refractivity contribution in [1.29, 1.82) is 0 Å². The number of primary amides is 1. The fourth-order valence-corrected chi connectivity index (χ4v) is 1.19. The molecular formula is C10H14FN3O2. The number of halogens is 1. The molecule has 0 bridgehead atoms. The van der Waals surface area contributed by atoms with Crippen LogP contribution >= 0.6 is 0 Å². The SMILES string of the molecule is NC(=O)NCCNCc1cc(F)ccc1O. The minimum Gasteiger partial charge on any atom is -0.508 e. The Morgan fingerprint density at radius 3 is 2.88 bits per heavy atom. The van der Waals surface area contributed by atoms with Crippen molar-refractivity contribution in [2.45, 2.75) is 6.54 Å². The van der Waals surface area contributed by atoms with Crippen molar-refractivity contribution in [1.82, 2.24) is 10.6 Å². The number of phenolic OH excluding ortho intramolecular Hbond substituents is 1. The van der Waals surface area contributed by atoms with Gasteiger partial charge in [0.25, 0.3) is 0 Å². The van der Waals surface area contributed by atoms with Gasteiger partial charge in [-0.15, -0.1) is 0 Å². The zero-order valence-corrected chi connectivity index (χ0v) is 8.66. The Labute approximate surface area is 92.5 Å². The summed E-state index contributed by atoms with van der Waals surface area (Å²) in [5.41, 5.74) is 5.33. The van der Waals surface area contributed by atoms with Crippen molar-refractivity contribution in [2.75, 3.05) is 13.1 Å². The number of phenols is 1. The van der Waals surface area contributed by atoms with Crippen LogP contribution in [0, 0.1) is 5.82 Å². The van der Waals surface area contributed by atoms with Crippen LogP contribution in [0.2, 0.25) is 0 Å². The molecule has 0 aliphatic rings. The van der Waals surface area contributed by atoms with E-state index in [9.17, 15) is 14.3 Å². The van der Waals surface area contributed by atoms with Crippen LogP contribution in [0.3, 0.4) is 0 Å². The van der Waals surface area contributed by atoms with Gasteiger partial charge in [0, 0.05) is 25.2 Å². The van der Waals surface area contributed by atoms with Crippen LogP contribution in [-0.4, -0.2) is 24.2 Å². The first-order valence-electron chi connectivity index (χ1n) is 4.81. The van der Waals surface area contributed by atoms with Crippen molar-refractivity contribution in [2.24, 2.45) is 5.73 Å². The minimum absolute atomic E-state index is 0.0387. The van der Waals surface area contributed by atoms with Gasteiger partial charge >= 0.3 is 6.03 Å². The molecule has 0 heterocycles. The number of nitrogens with one attached hydrogen (secondary N) is 2. The Hall–Kier alpha value is -1.82. The molecule has 5 nitrogen and oxygen atoms in total. The van der Waals surface area contributed by atoms with Crippen LogP contribution in [0.5, 0.6) is 5.75 Å². The Balaban J connectivity index is 2.31. The van der Waals surface area contributed by atoms with E-state index in [4.69, 9.17) is 5.73 Å². The molecule has 5 N–H and O–H groups in total. The first-order chi connectivity index (χ1) is 7.59. The van der Waals surface area contributed by atoms with E-state index >= 15 is 0 Å². The second-order valence-corrected chi connectivity index (χ2v) is 3.24. The molecule has 0 aliphatic heterocycles. The van der Waals surface area contributed by atoms with E-state index in [1.165, 1.54) is 18.2 Å². The number of nitrogens with two attached hydrogens (primary N) is 1. The van der Waals surface area contributed by atoms with E-state index < -0.39 is 11.8 Å². The molecule has 0 saturated carbocycles. The molecule has 0 saturated heterocycles. The predicted molar refractivity (Wildman–Crippen MR) is 57.4 cm³/mol. The van der Waals surface area contributed by atoms with Crippen LogP contribution in [0.25, 0.3) is 0 Å². The fourth-order valence-electron chi connectivity index (χ4n) is 1.19. The van der Waals surface area contributed by atoms with Crippen LogP contribution in [0.4, 0.5) is 9.18 Å². The van der Waals surface area contributed by atoms with Gasteiger partial charge in [0.1, 0.15) is 11.6 Å². The number of hydrogen-bond donors (Lipinski definition) is 4. The molecule has 1 rings (SSSR count). The highest BCUT2D eigenvalue weighted by atomic mass is 19.1. The third kappa shape index (κ3) is 4.14. The lowest BCUT2D eigenvalue weighted by atomic mass is 10.2. The second kappa shape index (κ2) is 5.92. The van der Waals surface area contributed by atoms with E-state index in [-0.39, 0.29) is 5.75 Å². The Bertz CT molecular complexity index is 371. The summed E-state index contributed by atoms with van der Waals surface area (Å²) < 4.78 is 12.8. The summed E-state index contributed by atoms with van der Waals surface area (Å²) in [6.07, 6.45) is 0. The van der Waals surface area contributed by atoms with Crippen LogP contribution in [-0.2, 0) is 6.54 Å². The number of carbonyl (C=O) groups is 1. The maximum absolute atomic E-state index is 12.8. The van der Waals surface area contributed by atoms with Crippen molar-refractivity contribution < 1.29 is 14.3 Å². The molecule has 1 aromatic carbocycles. The van der Waals surface area contributed by atoms with E-state index in [0.717, 1.165) is 0 Å². The predicted octanol–water partition coefficient (Wildman–Crippen LogP) is 0.289. The molecule has 0 unspecified atom stereocenters. The van der Waals surface area contributed by atoms with Crippen molar-refractivity contribution in [3.8, 4) is 5.75 Å². The van der Waals surface area contributed by atoms with E-state index in [1.807, 2.05) is 0 Å². The second-order valence-electron chi connectivity index (χ2n) is 3.24. The number of rotatable bonds is 5.